The van der Waals surface area contributed by atoms with Crippen LogP contribution in [0.1, 0.15) is 15.9 Å². The highest BCUT2D eigenvalue weighted by Gasteiger charge is 2.37. The summed E-state index contributed by atoms with van der Waals surface area (Å²) in [5.74, 6) is -1.93. The molecule has 2 aromatic carbocycles. The van der Waals surface area contributed by atoms with E-state index in [1.54, 1.807) is 12.1 Å². The molecule has 0 unspecified atom stereocenters. The van der Waals surface area contributed by atoms with Crippen LogP contribution in [0.2, 0.25) is 0 Å². The molecule has 4 nitrogen and oxygen atoms in total. The zero-order chi connectivity index (χ0) is 14.3. The molecule has 3 rings (SSSR count). The summed E-state index contributed by atoms with van der Waals surface area (Å²) in [5.41, 5.74) is 0.810. The molecule has 5 heteroatoms. The second-order valence-electron chi connectivity index (χ2n) is 4.52. The predicted octanol–water partition coefficient (Wildman–Crippen LogP) is 2.26. The highest BCUT2D eigenvalue weighted by Crippen LogP contribution is 2.32. The highest BCUT2D eigenvalue weighted by molar-refractivity contribution is 6.52. The molecule has 20 heavy (non-hydrogen) atoms. The summed E-state index contributed by atoms with van der Waals surface area (Å²) in [5, 5.41) is 9.22. The molecule has 0 atom stereocenters. The Balaban J connectivity index is 2.01. The number of carbonyl (C=O) groups excluding carboxylic acids is 2. The number of rotatable bonds is 2. The highest BCUT2D eigenvalue weighted by atomic mass is 19.1. The van der Waals surface area contributed by atoms with Crippen molar-refractivity contribution in [3.8, 4) is 5.75 Å². The minimum absolute atomic E-state index is 0.0237. The van der Waals surface area contributed by atoms with Crippen LogP contribution in [0.3, 0.4) is 0 Å². The van der Waals surface area contributed by atoms with E-state index in [4.69, 9.17) is 0 Å². The molecule has 1 amide bonds. The molecule has 0 aromatic heterocycles. The van der Waals surface area contributed by atoms with E-state index >= 15 is 0 Å². The molecule has 0 saturated carbocycles. The molecule has 100 valence electrons. The van der Waals surface area contributed by atoms with Crippen molar-refractivity contribution in [2.45, 2.75) is 6.54 Å². The summed E-state index contributed by atoms with van der Waals surface area (Å²) < 4.78 is 13.9. The first-order chi connectivity index (χ1) is 9.58. The summed E-state index contributed by atoms with van der Waals surface area (Å²) in [6.07, 6.45) is 0. The smallest absolute Gasteiger partial charge is 0.299 e. The summed E-state index contributed by atoms with van der Waals surface area (Å²) >= 11 is 0. The maximum atomic E-state index is 13.9. The van der Waals surface area contributed by atoms with E-state index in [1.807, 2.05) is 0 Å². The van der Waals surface area contributed by atoms with Crippen molar-refractivity contribution in [2.24, 2.45) is 0 Å². The fourth-order valence-electron chi connectivity index (χ4n) is 2.25. The lowest BCUT2D eigenvalue weighted by molar-refractivity contribution is -0.114. The van der Waals surface area contributed by atoms with Crippen LogP contribution >= 0.6 is 0 Å². The first-order valence-electron chi connectivity index (χ1n) is 6.00. The average molecular weight is 271 g/mol. The van der Waals surface area contributed by atoms with Crippen LogP contribution in [0.25, 0.3) is 0 Å². The van der Waals surface area contributed by atoms with E-state index in [2.05, 4.69) is 0 Å². The molecule has 0 spiro atoms. The Hall–Kier alpha value is -2.69. The Morgan fingerprint density at radius 1 is 1.05 bits per heavy atom. The van der Waals surface area contributed by atoms with Gasteiger partial charge in [0.1, 0.15) is 11.6 Å². The molecule has 1 aliphatic heterocycles. The van der Waals surface area contributed by atoms with Gasteiger partial charge in [-0.1, -0.05) is 18.2 Å². The number of benzene rings is 2. The van der Waals surface area contributed by atoms with Crippen LogP contribution in [-0.2, 0) is 11.3 Å². The molecular formula is C15H10FNO3. The Morgan fingerprint density at radius 3 is 2.45 bits per heavy atom. The number of aromatic hydroxyl groups is 1. The van der Waals surface area contributed by atoms with Gasteiger partial charge in [-0.3, -0.25) is 14.5 Å². The molecular weight excluding hydrogens is 261 g/mol. The molecule has 0 fully saturated rings. The zero-order valence-electron chi connectivity index (χ0n) is 10.3. The van der Waals surface area contributed by atoms with Crippen LogP contribution in [0, 0.1) is 5.82 Å². The maximum absolute atomic E-state index is 13.9. The predicted molar refractivity (Wildman–Crippen MR) is 70.0 cm³/mol. The second kappa shape index (κ2) is 4.45. The minimum atomic E-state index is -0.738. The van der Waals surface area contributed by atoms with Gasteiger partial charge in [0.15, 0.2) is 0 Å². The van der Waals surface area contributed by atoms with Crippen LogP contribution in [0.4, 0.5) is 10.1 Å². The van der Waals surface area contributed by atoms with Gasteiger partial charge in [-0.05, 0) is 29.8 Å². The molecule has 1 heterocycles. The van der Waals surface area contributed by atoms with Crippen LogP contribution in [-0.4, -0.2) is 16.8 Å². The van der Waals surface area contributed by atoms with Crippen molar-refractivity contribution in [1.29, 1.82) is 0 Å². The molecule has 2 aromatic rings. The summed E-state index contributed by atoms with van der Waals surface area (Å²) in [6.45, 7) is 0.0821. The normalized spacial score (nSPS) is 13.8. The molecule has 1 N–H and O–H groups in total. The van der Waals surface area contributed by atoms with E-state index in [-0.39, 0.29) is 23.5 Å². The lowest BCUT2D eigenvalue weighted by Crippen LogP contribution is -2.29. The fraction of sp³-hybridized carbons (Fsp3) is 0.0667. The van der Waals surface area contributed by atoms with Gasteiger partial charge in [0, 0.05) is 0 Å². The number of amides is 1. The number of phenolic OH excluding ortho intramolecular Hbond substituents is 1. The van der Waals surface area contributed by atoms with Crippen molar-refractivity contribution >= 4 is 17.4 Å². The lowest BCUT2D eigenvalue weighted by atomic mass is 10.1. The van der Waals surface area contributed by atoms with Gasteiger partial charge < -0.3 is 5.11 Å². The van der Waals surface area contributed by atoms with E-state index in [9.17, 15) is 19.1 Å². The van der Waals surface area contributed by atoms with Gasteiger partial charge in [0.2, 0.25) is 0 Å². The minimum Gasteiger partial charge on any atom is -0.508 e. The van der Waals surface area contributed by atoms with E-state index < -0.39 is 17.5 Å². The number of para-hydroxylation sites is 1. The topological polar surface area (TPSA) is 57.6 Å². The van der Waals surface area contributed by atoms with Crippen LogP contribution in [0.15, 0.2) is 42.5 Å². The number of fused-ring (bicyclic) bond motifs is 1. The first kappa shape index (κ1) is 12.3. The molecule has 0 saturated heterocycles. The zero-order valence-corrected chi connectivity index (χ0v) is 10.3. The number of nitrogens with zero attached hydrogens (tertiary/aromatic N) is 1. The fourth-order valence-corrected chi connectivity index (χ4v) is 2.25. The van der Waals surface area contributed by atoms with E-state index in [1.165, 1.54) is 30.3 Å². The van der Waals surface area contributed by atoms with Crippen molar-refractivity contribution < 1.29 is 19.1 Å². The standard InChI is InChI=1S/C15H10FNO3/c16-12-3-1-2-11-13(12)17(15(20)14(11)19)8-9-4-6-10(18)7-5-9/h1-7,18H,8H2. The molecule has 1 aliphatic rings. The number of hydrogen-bond acceptors (Lipinski definition) is 3. The molecule has 0 radical (unpaired) electrons. The van der Waals surface area contributed by atoms with Gasteiger partial charge in [-0.25, -0.2) is 4.39 Å². The monoisotopic (exact) mass is 271 g/mol. The maximum Gasteiger partial charge on any atom is 0.299 e. The van der Waals surface area contributed by atoms with Gasteiger partial charge in [-0.15, -0.1) is 0 Å². The number of ketones is 1. The van der Waals surface area contributed by atoms with Crippen molar-refractivity contribution in [3.05, 3.63) is 59.4 Å². The number of anilines is 1. The van der Waals surface area contributed by atoms with Crippen LogP contribution in [0.5, 0.6) is 5.75 Å². The lowest BCUT2D eigenvalue weighted by Gasteiger charge is -2.17. The number of carbonyl (C=O) groups is 2. The molecule has 0 bridgehead atoms. The van der Waals surface area contributed by atoms with Gasteiger partial charge in [0.25, 0.3) is 11.7 Å². The van der Waals surface area contributed by atoms with Gasteiger partial charge in [0.05, 0.1) is 17.8 Å². The third kappa shape index (κ3) is 1.84. The van der Waals surface area contributed by atoms with E-state index in [0.717, 1.165) is 4.90 Å². The summed E-state index contributed by atoms with van der Waals surface area (Å²) in [7, 11) is 0. The largest absolute Gasteiger partial charge is 0.508 e. The van der Waals surface area contributed by atoms with Gasteiger partial charge in [-0.2, -0.15) is 0 Å². The third-order valence-electron chi connectivity index (χ3n) is 3.22. The van der Waals surface area contributed by atoms with Gasteiger partial charge >= 0.3 is 0 Å². The van der Waals surface area contributed by atoms with E-state index in [0.29, 0.717) is 5.56 Å². The number of phenols is 1. The average Bonchev–Trinajstić information content (AvgIpc) is 2.68. The molecule has 0 aliphatic carbocycles. The number of hydrogen-bond donors (Lipinski definition) is 1. The second-order valence-corrected chi connectivity index (χ2v) is 4.52. The van der Waals surface area contributed by atoms with Crippen LogP contribution < -0.4 is 4.90 Å². The third-order valence-corrected chi connectivity index (χ3v) is 3.22. The first-order valence-corrected chi connectivity index (χ1v) is 6.00. The Bertz CT molecular complexity index is 710. The quantitative estimate of drug-likeness (QED) is 0.852. The SMILES string of the molecule is O=C1C(=O)N(Cc2ccc(O)cc2)c2c(F)cccc21. The van der Waals surface area contributed by atoms with Crippen molar-refractivity contribution in [1.82, 2.24) is 0 Å². The van der Waals surface area contributed by atoms with Crippen molar-refractivity contribution in [2.75, 3.05) is 4.90 Å². The van der Waals surface area contributed by atoms with Crippen molar-refractivity contribution in [3.63, 3.8) is 0 Å². The number of halogens is 1. The number of Topliss-reactive ketones (excluding diaryl/α,β-unsaturated/α-hetero) is 1. The Labute approximate surface area is 114 Å². The Morgan fingerprint density at radius 2 is 1.75 bits per heavy atom. The summed E-state index contributed by atoms with van der Waals surface area (Å²) in [4.78, 5) is 24.9. The Kier molecular flexibility index (Phi) is 2.75. The summed E-state index contributed by atoms with van der Waals surface area (Å²) in [6, 6.07) is 10.2.